The van der Waals surface area contributed by atoms with Crippen LogP contribution in [0.4, 0.5) is 0 Å². The van der Waals surface area contributed by atoms with E-state index in [9.17, 15) is 30.0 Å². The molecule has 246 valence electrons. The van der Waals surface area contributed by atoms with E-state index in [1.54, 1.807) is 54.6 Å². The van der Waals surface area contributed by atoms with Crippen LogP contribution in [-0.2, 0) is 39.1 Å². The fourth-order valence-corrected chi connectivity index (χ4v) is 66.3. The number of rotatable bonds is 9. The number of benzene rings is 6. The number of hydrogen-bond donors (Lipinski definition) is 6. The molecule has 0 saturated carbocycles. The van der Waals surface area contributed by atoms with Gasteiger partial charge in [0.2, 0.25) is 0 Å². The third-order valence-electron chi connectivity index (χ3n) is 8.27. The van der Waals surface area contributed by atoms with Gasteiger partial charge in [-0.15, -0.1) is 0 Å². The van der Waals surface area contributed by atoms with E-state index in [2.05, 4.69) is 0 Å². The summed E-state index contributed by atoms with van der Waals surface area (Å²) < 4.78 is 30.1. The summed E-state index contributed by atoms with van der Waals surface area (Å²) >= 11 is -6.08. The van der Waals surface area contributed by atoms with Crippen LogP contribution in [0.2, 0.25) is 0 Å². The molecule has 0 aromatic heterocycles. The molecule has 0 radical (unpaired) electrons. The molecule has 6 rings (SSSR count). The maximum atomic E-state index is 15.3. The van der Waals surface area contributed by atoms with Crippen molar-refractivity contribution in [1.82, 2.24) is 0 Å². The summed E-state index contributed by atoms with van der Waals surface area (Å²) in [6.07, 6.45) is 0. The molecular formula is C36H30O9P3Y. The van der Waals surface area contributed by atoms with Crippen molar-refractivity contribution >= 4 is 26.8 Å². The van der Waals surface area contributed by atoms with Crippen LogP contribution >= 0.6 is 10.8 Å². The molecule has 0 aliphatic carbocycles. The van der Waals surface area contributed by atoms with Gasteiger partial charge in [0.05, 0.1) is 0 Å². The molecule has 3 unspecified atom stereocenters. The van der Waals surface area contributed by atoms with E-state index in [1.807, 2.05) is 0 Å². The summed E-state index contributed by atoms with van der Waals surface area (Å²) in [5.41, 5.74) is 0.662. The van der Waals surface area contributed by atoms with Gasteiger partial charge in [-0.25, -0.2) is 0 Å². The first-order valence-electron chi connectivity index (χ1n) is 15.0. The quantitative estimate of drug-likeness (QED) is 0.0826. The van der Waals surface area contributed by atoms with Gasteiger partial charge in [-0.2, -0.15) is 0 Å². The minimum atomic E-state index is -6.08. The molecule has 6 aromatic carbocycles. The molecule has 9 nitrogen and oxygen atoms in total. The Morgan fingerprint density at radius 1 is 0.327 bits per heavy atom. The molecule has 6 aromatic rings. The summed E-state index contributed by atoms with van der Waals surface area (Å²) in [5, 5.41) is 31.2. The van der Waals surface area contributed by atoms with Crippen molar-refractivity contribution in [2.75, 3.05) is 0 Å². The SMILES string of the molecule is O=[P](O)(c1ccccc1-c1ccccc1O)[Y]([P](=O)(O)c1ccccc1-c1ccccc1O)[P](=O)(O)c1ccccc1-c1ccccc1O. The van der Waals surface area contributed by atoms with Gasteiger partial charge in [-0.1, -0.05) is 0 Å². The molecule has 0 spiro atoms. The first kappa shape index (κ1) is 35.2. The van der Waals surface area contributed by atoms with Crippen LogP contribution in [0.15, 0.2) is 146 Å². The summed E-state index contributed by atoms with van der Waals surface area (Å²) in [6, 6.07) is 35.4. The van der Waals surface area contributed by atoms with Gasteiger partial charge in [-0.3, -0.25) is 0 Å². The number of para-hydroxylation sites is 3. The number of phenolic OH excluding ortho intramolecular Hbond substituents is 3. The Labute approximate surface area is 290 Å². The predicted octanol–water partition coefficient (Wildman–Crippen LogP) is 7.26. The number of hydrogen-bond acceptors (Lipinski definition) is 6. The van der Waals surface area contributed by atoms with Gasteiger partial charge in [0, 0.05) is 0 Å². The van der Waals surface area contributed by atoms with Crippen molar-refractivity contribution < 1.29 is 69.1 Å². The molecule has 0 fully saturated rings. The van der Waals surface area contributed by atoms with E-state index in [0.717, 1.165) is 0 Å². The van der Waals surface area contributed by atoms with Crippen LogP contribution in [0.25, 0.3) is 33.4 Å². The van der Waals surface area contributed by atoms with E-state index in [0.29, 0.717) is 0 Å². The Hall–Kier alpha value is -3.61. The van der Waals surface area contributed by atoms with Crippen molar-refractivity contribution in [3.05, 3.63) is 146 Å². The fraction of sp³-hybridized carbons (Fsp3) is 0. The average molecular weight is 788 g/mol. The van der Waals surface area contributed by atoms with Crippen LogP contribution < -0.4 is 15.9 Å². The Morgan fingerprint density at radius 3 is 0.776 bits per heavy atom. The Bertz CT molecular complexity index is 2090. The fourth-order valence-electron chi connectivity index (χ4n) is 6.06. The summed E-state index contributed by atoms with van der Waals surface area (Å²) in [4.78, 5) is 37.2. The van der Waals surface area contributed by atoms with E-state index in [-0.39, 0.29) is 66.5 Å². The maximum absolute atomic E-state index is 15.3. The van der Waals surface area contributed by atoms with E-state index < -0.39 is 36.3 Å². The average Bonchev–Trinajstić information content (AvgIpc) is 3.08. The van der Waals surface area contributed by atoms with E-state index >= 15 is 13.7 Å². The predicted molar refractivity (Wildman–Crippen MR) is 189 cm³/mol. The standard InChI is InChI=1S/3C12H9O3P.Y/c3*13-11-7-3-1-5-9(11)10-6-2-4-8-12(10)16(14)15;/h3*1-8H,(H-,13,14,15);/q;;;-3/p+3. The topological polar surface area (TPSA) is 173 Å². The van der Waals surface area contributed by atoms with Gasteiger partial charge in [0.25, 0.3) is 0 Å². The zero-order valence-corrected chi connectivity index (χ0v) is 31.2. The van der Waals surface area contributed by atoms with Crippen LogP contribution in [0.5, 0.6) is 17.2 Å². The van der Waals surface area contributed by atoms with Gasteiger partial charge in [0.1, 0.15) is 0 Å². The summed E-state index contributed by atoms with van der Waals surface area (Å²) in [6.45, 7) is 0. The molecule has 0 aliphatic heterocycles. The zero-order chi connectivity index (χ0) is 35.0. The molecular weight excluding hydrogens is 758 g/mol. The second-order valence-corrected chi connectivity index (χ2v) is 50.1. The van der Waals surface area contributed by atoms with Gasteiger partial charge >= 0.3 is 292 Å². The number of phenols is 3. The molecule has 0 bridgehead atoms. The van der Waals surface area contributed by atoms with Crippen molar-refractivity contribution in [2.45, 2.75) is 0 Å². The normalized spacial score (nSPS) is 15.0. The van der Waals surface area contributed by atoms with Gasteiger partial charge < -0.3 is 0 Å². The van der Waals surface area contributed by atoms with Crippen LogP contribution in [0, 0.1) is 0 Å². The number of aromatic hydroxyl groups is 3. The van der Waals surface area contributed by atoms with Crippen molar-refractivity contribution in [1.29, 1.82) is 0 Å². The van der Waals surface area contributed by atoms with Crippen LogP contribution in [-0.4, -0.2) is 30.0 Å². The van der Waals surface area contributed by atoms with E-state index in [1.165, 1.54) is 91.0 Å². The molecule has 3 atom stereocenters. The van der Waals surface area contributed by atoms with Crippen molar-refractivity contribution in [3.63, 3.8) is 0 Å². The summed E-state index contributed by atoms with van der Waals surface area (Å²) in [7, 11) is 0. The summed E-state index contributed by atoms with van der Waals surface area (Å²) in [5.74, 6) is -0.678. The van der Waals surface area contributed by atoms with Crippen LogP contribution in [0.3, 0.4) is 0 Å². The monoisotopic (exact) mass is 788 g/mol. The molecule has 49 heavy (non-hydrogen) atoms. The third kappa shape index (κ3) is 6.55. The molecule has 0 aliphatic rings. The Balaban J connectivity index is 1.68. The Morgan fingerprint density at radius 2 is 0.531 bits per heavy atom. The first-order valence-corrected chi connectivity index (χ1v) is 31.6. The van der Waals surface area contributed by atoms with Crippen molar-refractivity contribution in [3.8, 4) is 50.6 Å². The first-order chi connectivity index (χ1) is 23.4. The molecule has 13 heteroatoms. The van der Waals surface area contributed by atoms with Crippen molar-refractivity contribution in [2.24, 2.45) is 0 Å². The second kappa shape index (κ2) is 14.0. The second-order valence-electron chi connectivity index (χ2n) is 11.3. The van der Waals surface area contributed by atoms with Gasteiger partial charge in [0.15, 0.2) is 0 Å². The molecule has 6 N–H and O–H groups in total. The third-order valence-corrected chi connectivity index (χ3v) is 66.7. The zero-order valence-electron chi connectivity index (χ0n) is 25.7. The molecule has 0 saturated heterocycles. The molecule has 0 amide bonds. The molecule has 0 heterocycles. The van der Waals surface area contributed by atoms with E-state index in [4.69, 9.17) is 0 Å². The minimum absolute atomic E-state index is 0.0658. The van der Waals surface area contributed by atoms with Gasteiger partial charge in [-0.05, 0) is 0 Å². The Kier molecular flexibility index (Phi) is 10.0. The van der Waals surface area contributed by atoms with Crippen LogP contribution in [0.1, 0.15) is 0 Å².